The van der Waals surface area contributed by atoms with Crippen LogP contribution in [0.15, 0.2) is 0 Å². The minimum atomic E-state index is -0.392. The Labute approximate surface area is 150 Å². The van der Waals surface area contributed by atoms with E-state index in [0.29, 0.717) is 42.2 Å². The number of esters is 1. The first-order chi connectivity index (χ1) is 11.8. The minimum Gasteiger partial charge on any atom is -0.463 e. The zero-order valence-electron chi connectivity index (χ0n) is 15.7. The fraction of sp³-hybridized carbons (Fsp3) is 0.857. The van der Waals surface area contributed by atoms with E-state index in [1.165, 1.54) is 6.92 Å². The summed E-state index contributed by atoms with van der Waals surface area (Å²) < 4.78 is 5.48. The van der Waals surface area contributed by atoms with E-state index in [1.807, 2.05) is 6.92 Å². The van der Waals surface area contributed by atoms with Crippen LogP contribution in [0.2, 0.25) is 0 Å². The SMILES string of the molecule is CC(=O)O[C@@H]1CC[C@]2(C)[C@H](CC[C@H]3[C@@H]2C(=O)C[C@@]2(C)C(=O)CC[C@@H]32)C1. The molecule has 4 fully saturated rings. The number of hydrogen-bond donors (Lipinski definition) is 0. The van der Waals surface area contributed by atoms with E-state index < -0.39 is 5.41 Å². The van der Waals surface area contributed by atoms with Crippen LogP contribution >= 0.6 is 0 Å². The Hall–Kier alpha value is -1.19. The van der Waals surface area contributed by atoms with Gasteiger partial charge in [0, 0.05) is 31.1 Å². The van der Waals surface area contributed by atoms with Crippen LogP contribution in [0.4, 0.5) is 0 Å². The Morgan fingerprint density at radius 3 is 2.60 bits per heavy atom. The van der Waals surface area contributed by atoms with Gasteiger partial charge in [0.05, 0.1) is 0 Å². The number of fused-ring (bicyclic) bond motifs is 5. The van der Waals surface area contributed by atoms with Gasteiger partial charge in [-0.2, -0.15) is 0 Å². The number of hydrogen-bond acceptors (Lipinski definition) is 4. The highest BCUT2D eigenvalue weighted by Gasteiger charge is 2.63. The first kappa shape index (κ1) is 17.2. The predicted molar refractivity (Wildman–Crippen MR) is 92.7 cm³/mol. The second kappa shape index (κ2) is 5.65. The Morgan fingerprint density at radius 1 is 1.12 bits per heavy atom. The first-order valence-electron chi connectivity index (χ1n) is 9.99. The molecule has 0 aromatic rings. The van der Waals surface area contributed by atoms with E-state index in [2.05, 4.69) is 6.92 Å². The molecule has 0 aliphatic heterocycles. The van der Waals surface area contributed by atoms with Crippen LogP contribution in [-0.2, 0) is 19.1 Å². The summed E-state index contributed by atoms with van der Waals surface area (Å²) in [5.41, 5.74) is -0.375. The quantitative estimate of drug-likeness (QED) is 0.679. The highest BCUT2D eigenvalue weighted by atomic mass is 16.5. The van der Waals surface area contributed by atoms with Crippen molar-refractivity contribution in [3.05, 3.63) is 0 Å². The normalized spacial score (nSPS) is 49.2. The molecule has 0 bridgehead atoms. The van der Waals surface area contributed by atoms with Gasteiger partial charge in [-0.25, -0.2) is 0 Å². The summed E-state index contributed by atoms with van der Waals surface area (Å²) in [6.07, 6.45) is 6.97. The predicted octanol–water partition coefficient (Wildman–Crippen LogP) is 3.71. The van der Waals surface area contributed by atoms with Gasteiger partial charge in [0.1, 0.15) is 17.7 Å². The Morgan fingerprint density at radius 2 is 1.88 bits per heavy atom. The summed E-state index contributed by atoms with van der Waals surface area (Å²) in [7, 11) is 0. The van der Waals surface area contributed by atoms with Crippen molar-refractivity contribution in [2.75, 3.05) is 0 Å². The van der Waals surface area contributed by atoms with Gasteiger partial charge in [0.25, 0.3) is 0 Å². The maximum atomic E-state index is 13.2. The van der Waals surface area contributed by atoms with Gasteiger partial charge < -0.3 is 4.74 Å². The molecule has 7 atom stereocenters. The van der Waals surface area contributed by atoms with Crippen molar-refractivity contribution in [2.24, 2.45) is 34.5 Å². The lowest BCUT2D eigenvalue weighted by Gasteiger charge is -2.59. The Kier molecular flexibility index (Phi) is 3.90. The van der Waals surface area contributed by atoms with Gasteiger partial charge in [-0.3, -0.25) is 14.4 Å². The van der Waals surface area contributed by atoms with Crippen LogP contribution in [0, 0.1) is 34.5 Å². The van der Waals surface area contributed by atoms with E-state index in [4.69, 9.17) is 4.74 Å². The van der Waals surface area contributed by atoms with Crippen molar-refractivity contribution in [1.82, 2.24) is 0 Å². The van der Waals surface area contributed by atoms with Crippen LogP contribution in [0.5, 0.6) is 0 Å². The van der Waals surface area contributed by atoms with Crippen LogP contribution in [0.3, 0.4) is 0 Å². The summed E-state index contributed by atoms with van der Waals surface area (Å²) in [6, 6.07) is 0. The molecule has 0 unspecified atom stereocenters. The van der Waals surface area contributed by atoms with Crippen molar-refractivity contribution in [2.45, 2.75) is 78.2 Å². The highest BCUT2D eigenvalue weighted by molar-refractivity contribution is 5.95. The van der Waals surface area contributed by atoms with Crippen molar-refractivity contribution < 1.29 is 19.1 Å². The van der Waals surface area contributed by atoms with E-state index in [1.54, 1.807) is 0 Å². The molecule has 0 N–H and O–H groups in total. The molecule has 4 saturated carbocycles. The van der Waals surface area contributed by atoms with Crippen LogP contribution in [-0.4, -0.2) is 23.6 Å². The third-order valence-electron chi connectivity index (χ3n) is 8.35. The number of ketones is 2. The van der Waals surface area contributed by atoms with E-state index in [-0.39, 0.29) is 23.4 Å². The average molecular weight is 346 g/mol. The van der Waals surface area contributed by atoms with Gasteiger partial charge >= 0.3 is 5.97 Å². The molecule has 0 saturated heterocycles. The lowest BCUT2D eigenvalue weighted by atomic mass is 9.45. The molecule has 138 valence electrons. The van der Waals surface area contributed by atoms with Gasteiger partial charge in [0.2, 0.25) is 0 Å². The molecule has 0 aromatic carbocycles. The zero-order valence-corrected chi connectivity index (χ0v) is 15.7. The van der Waals surface area contributed by atoms with Crippen molar-refractivity contribution in [3.63, 3.8) is 0 Å². The molecule has 0 spiro atoms. The Balaban J connectivity index is 1.60. The van der Waals surface area contributed by atoms with Crippen LogP contribution in [0.25, 0.3) is 0 Å². The number of ether oxygens (including phenoxy) is 1. The molecular formula is C21H30O4. The molecule has 4 heteroatoms. The molecule has 4 aliphatic rings. The maximum Gasteiger partial charge on any atom is 0.302 e. The van der Waals surface area contributed by atoms with E-state index >= 15 is 0 Å². The monoisotopic (exact) mass is 346 g/mol. The van der Waals surface area contributed by atoms with Gasteiger partial charge in [0.15, 0.2) is 0 Å². The maximum absolute atomic E-state index is 13.2. The summed E-state index contributed by atoms with van der Waals surface area (Å²) in [5.74, 6) is 1.78. The largest absolute Gasteiger partial charge is 0.463 e. The smallest absolute Gasteiger partial charge is 0.302 e. The minimum absolute atomic E-state index is 0.0175. The third-order valence-corrected chi connectivity index (χ3v) is 8.35. The summed E-state index contributed by atoms with van der Waals surface area (Å²) in [6.45, 7) is 5.83. The highest BCUT2D eigenvalue weighted by Crippen LogP contribution is 2.64. The van der Waals surface area contributed by atoms with E-state index in [9.17, 15) is 14.4 Å². The third kappa shape index (κ3) is 2.43. The first-order valence-corrected chi connectivity index (χ1v) is 9.99. The summed E-state index contributed by atoms with van der Waals surface area (Å²) in [4.78, 5) is 37.0. The number of Topliss-reactive ketones (excluding diaryl/α,β-unsaturated/α-hetero) is 2. The van der Waals surface area contributed by atoms with Crippen molar-refractivity contribution >= 4 is 17.5 Å². The van der Waals surface area contributed by atoms with Crippen LogP contribution < -0.4 is 0 Å². The molecular weight excluding hydrogens is 316 g/mol. The molecule has 0 heterocycles. The van der Waals surface area contributed by atoms with Crippen LogP contribution in [0.1, 0.15) is 72.1 Å². The number of rotatable bonds is 1. The second-order valence-corrected chi connectivity index (χ2v) is 9.56. The lowest BCUT2D eigenvalue weighted by molar-refractivity contribution is -0.168. The number of carbonyl (C=O) groups excluding carboxylic acids is 3. The molecule has 4 aliphatic carbocycles. The van der Waals surface area contributed by atoms with Crippen molar-refractivity contribution in [1.29, 1.82) is 0 Å². The van der Waals surface area contributed by atoms with E-state index in [0.717, 1.165) is 38.5 Å². The molecule has 0 aromatic heterocycles. The zero-order chi connectivity index (χ0) is 18.0. The van der Waals surface area contributed by atoms with Crippen molar-refractivity contribution in [3.8, 4) is 0 Å². The van der Waals surface area contributed by atoms with Gasteiger partial charge in [-0.15, -0.1) is 0 Å². The fourth-order valence-corrected chi connectivity index (χ4v) is 7.15. The molecule has 25 heavy (non-hydrogen) atoms. The topological polar surface area (TPSA) is 60.4 Å². The van der Waals surface area contributed by atoms with Gasteiger partial charge in [-0.1, -0.05) is 13.8 Å². The summed E-state index contributed by atoms with van der Waals surface area (Å²) in [5, 5.41) is 0. The molecule has 4 nitrogen and oxygen atoms in total. The molecule has 4 rings (SSSR count). The van der Waals surface area contributed by atoms with Gasteiger partial charge in [-0.05, 0) is 61.7 Å². The standard InChI is InChI=1S/C21H30O4/c1-12(22)25-14-8-9-20(2)13(10-14)4-5-15-16-6-7-18(24)21(16,3)11-17(23)19(15)20/h13-16,19H,4-11H2,1-3H3/t13-,14-,15-,16+,19-,20-,21-/m1/s1. The average Bonchev–Trinajstić information content (AvgIpc) is 2.82. The summed E-state index contributed by atoms with van der Waals surface area (Å²) >= 11 is 0. The number of carbonyl (C=O) groups is 3. The lowest BCUT2D eigenvalue weighted by Crippen LogP contribution is -2.57. The molecule has 0 radical (unpaired) electrons. The molecule has 0 amide bonds. The Bertz CT molecular complexity index is 625. The second-order valence-electron chi connectivity index (χ2n) is 9.56. The fourth-order valence-electron chi connectivity index (χ4n) is 7.15.